The molecule has 1 aliphatic heterocycles. The van der Waals surface area contributed by atoms with Crippen LogP contribution in [0, 0.1) is 0 Å². The Kier molecular flexibility index (Phi) is 5.29. The van der Waals surface area contributed by atoms with Gasteiger partial charge >= 0.3 is 5.97 Å². The molecule has 114 valence electrons. The second-order valence-electron chi connectivity index (χ2n) is 5.26. The first-order valence-corrected chi connectivity index (χ1v) is 7.70. The van der Waals surface area contributed by atoms with Gasteiger partial charge in [0.15, 0.2) is 6.23 Å². The lowest BCUT2D eigenvalue weighted by molar-refractivity contribution is -0.190. The molecule has 0 N–H and O–H groups in total. The highest BCUT2D eigenvalue weighted by molar-refractivity contribution is 5.87. The van der Waals surface area contributed by atoms with Crippen LogP contribution in [0.5, 0.6) is 0 Å². The lowest BCUT2D eigenvalue weighted by atomic mass is 9.98. The van der Waals surface area contributed by atoms with Crippen LogP contribution < -0.4 is 0 Å². The zero-order chi connectivity index (χ0) is 14.5. The average Bonchev–Trinajstić information content (AvgIpc) is 2.77. The largest absolute Gasteiger partial charge is 0.459 e. The number of allylic oxidation sites excluding steroid dienone is 1. The van der Waals surface area contributed by atoms with Crippen LogP contribution in [0.1, 0.15) is 59.3 Å². The summed E-state index contributed by atoms with van der Waals surface area (Å²) in [7, 11) is 0. The van der Waals surface area contributed by atoms with Gasteiger partial charge in [-0.25, -0.2) is 9.86 Å². The molecule has 1 saturated carbocycles. The Morgan fingerprint density at radius 1 is 1.30 bits per heavy atom. The Bertz CT molecular complexity index is 374. The van der Waals surface area contributed by atoms with Gasteiger partial charge in [-0.05, 0) is 46.0 Å². The molecular weight excluding hydrogens is 258 g/mol. The SMILES string of the molecule is CCON1C(CC)=C(C(=O)OC2CCCCC2)OC1C. The summed E-state index contributed by atoms with van der Waals surface area (Å²) < 4.78 is 11.2. The number of carbonyl (C=O) groups is 1. The van der Waals surface area contributed by atoms with Gasteiger partial charge in [-0.2, -0.15) is 0 Å². The van der Waals surface area contributed by atoms with Gasteiger partial charge in [-0.3, -0.25) is 4.84 Å². The Labute approximate surface area is 120 Å². The van der Waals surface area contributed by atoms with Crippen molar-refractivity contribution in [1.82, 2.24) is 5.06 Å². The van der Waals surface area contributed by atoms with Crippen molar-refractivity contribution in [3.8, 4) is 0 Å². The van der Waals surface area contributed by atoms with Crippen LogP contribution in [0.4, 0.5) is 0 Å². The monoisotopic (exact) mass is 283 g/mol. The summed E-state index contributed by atoms with van der Waals surface area (Å²) in [6, 6.07) is 0. The lowest BCUT2D eigenvalue weighted by Gasteiger charge is -2.22. The lowest BCUT2D eigenvalue weighted by Crippen LogP contribution is -2.28. The van der Waals surface area contributed by atoms with E-state index in [1.807, 2.05) is 20.8 Å². The van der Waals surface area contributed by atoms with E-state index in [0.717, 1.165) is 31.4 Å². The molecule has 1 heterocycles. The molecule has 0 spiro atoms. The van der Waals surface area contributed by atoms with Crippen LogP contribution in [0.3, 0.4) is 0 Å². The summed E-state index contributed by atoms with van der Waals surface area (Å²) in [5, 5.41) is 1.68. The van der Waals surface area contributed by atoms with Crippen LogP contribution in [-0.4, -0.2) is 30.0 Å². The topological polar surface area (TPSA) is 48.0 Å². The van der Waals surface area contributed by atoms with Gasteiger partial charge in [0, 0.05) is 0 Å². The number of ether oxygens (including phenoxy) is 2. The van der Waals surface area contributed by atoms with E-state index in [2.05, 4.69) is 0 Å². The van der Waals surface area contributed by atoms with Gasteiger partial charge in [0.05, 0.1) is 12.3 Å². The van der Waals surface area contributed by atoms with Crippen LogP contribution >= 0.6 is 0 Å². The molecule has 0 aromatic rings. The molecule has 0 amide bonds. The predicted molar refractivity (Wildman–Crippen MR) is 74.3 cm³/mol. The molecule has 1 aliphatic carbocycles. The van der Waals surface area contributed by atoms with E-state index in [1.165, 1.54) is 6.42 Å². The molecular formula is C15H25NO4. The van der Waals surface area contributed by atoms with Crippen molar-refractivity contribution in [1.29, 1.82) is 0 Å². The number of esters is 1. The van der Waals surface area contributed by atoms with Crippen molar-refractivity contribution in [3.05, 3.63) is 11.5 Å². The maximum Gasteiger partial charge on any atom is 0.375 e. The first kappa shape index (κ1) is 15.2. The molecule has 1 fully saturated rings. The molecule has 0 aromatic carbocycles. The summed E-state index contributed by atoms with van der Waals surface area (Å²) in [5.74, 6) is -0.0261. The molecule has 5 nitrogen and oxygen atoms in total. The minimum Gasteiger partial charge on any atom is -0.459 e. The summed E-state index contributed by atoms with van der Waals surface area (Å²) in [5.41, 5.74) is 0.778. The number of carbonyl (C=O) groups excluding carboxylic acids is 1. The van der Waals surface area contributed by atoms with Gasteiger partial charge in [-0.15, -0.1) is 0 Å². The van der Waals surface area contributed by atoms with Crippen molar-refractivity contribution in [2.45, 2.75) is 71.6 Å². The van der Waals surface area contributed by atoms with E-state index >= 15 is 0 Å². The van der Waals surface area contributed by atoms with Crippen molar-refractivity contribution in [2.24, 2.45) is 0 Å². The summed E-state index contributed by atoms with van der Waals surface area (Å²) in [6.45, 7) is 6.31. The highest BCUT2D eigenvalue weighted by Gasteiger charge is 2.36. The van der Waals surface area contributed by atoms with E-state index < -0.39 is 0 Å². The van der Waals surface area contributed by atoms with Crippen LogP contribution in [-0.2, 0) is 19.1 Å². The smallest absolute Gasteiger partial charge is 0.375 e. The Morgan fingerprint density at radius 2 is 2.00 bits per heavy atom. The Hall–Kier alpha value is -1.23. The third-order valence-electron chi connectivity index (χ3n) is 3.76. The zero-order valence-corrected chi connectivity index (χ0v) is 12.7. The molecule has 20 heavy (non-hydrogen) atoms. The highest BCUT2D eigenvalue weighted by Crippen LogP contribution is 2.30. The zero-order valence-electron chi connectivity index (χ0n) is 12.7. The fraction of sp³-hybridized carbons (Fsp3) is 0.800. The molecule has 5 heteroatoms. The van der Waals surface area contributed by atoms with E-state index in [-0.39, 0.29) is 18.3 Å². The quantitative estimate of drug-likeness (QED) is 0.726. The fourth-order valence-corrected chi connectivity index (χ4v) is 2.80. The molecule has 2 rings (SSSR count). The second-order valence-corrected chi connectivity index (χ2v) is 5.26. The first-order valence-electron chi connectivity index (χ1n) is 7.70. The molecule has 1 unspecified atom stereocenters. The molecule has 0 aromatic heterocycles. The number of rotatable bonds is 5. The first-order chi connectivity index (χ1) is 9.67. The van der Waals surface area contributed by atoms with Crippen LogP contribution in [0.15, 0.2) is 11.5 Å². The van der Waals surface area contributed by atoms with Crippen molar-refractivity contribution in [3.63, 3.8) is 0 Å². The van der Waals surface area contributed by atoms with E-state index in [9.17, 15) is 4.79 Å². The van der Waals surface area contributed by atoms with Crippen molar-refractivity contribution >= 4 is 5.97 Å². The Balaban J connectivity index is 2.04. The van der Waals surface area contributed by atoms with Crippen molar-refractivity contribution < 1.29 is 19.1 Å². The number of hydroxylamine groups is 2. The van der Waals surface area contributed by atoms with Gasteiger partial charge in [0.25, 0.3) is 0 Å². The Morgan fingerprint density at radius 3 is 2.60 bits per heavy atom. The van der Waals surface area contributed by atoms with Gasteiger partial charge < -0.3 is 9.47 Å². The maximum atomic E-state index is 12.3. The van der Waals surface area contributed by atoms with Gasteiger partial charge in [-0.1, -0.05) is 13.3 Å². The van der Waals surface area contributed by atoms with Crippen LogP contribution in [0.2, 0.25) is 0 Å². The molecule has 0 saturated heterocycles. The minimum atomic E-state index is -0.345. The third kappa shape index (κ3) is 3.26. The van der Waals surface area contributed by atoms with Gasteiger partial charge in [0.1, 0.15) is 6.10 Å². The van der Waals surface area contributed by atoms with Crippen LogP contribution in [0.25, 0.3) is 0 Å². The summed E-state index contributed by atoms with van der Waals surface area (Å²) >= 11 is 0. The average molecular weight is 283 g/mol. The number of hydrogen-bond donors (Lipinski definition) is 0. The normalized spacial score (nSPS) is 23.9. The van der Waals surface area contributed by atoms with E-state index in [0.29, 0.717) is 18.8 Å². The molecule has 0 radical (unpaired) electrons. The minimum absolute atomic E-state index is 0.0434. The molecule has 1 atom stereocenters. The van der Waals surface area contributed by atoms with E-state index in [1.54, 1.807) is 5.06 Å². The maximum absolute atomic E-state index is 12.3. The van der Waals surface area contributed by atoms with Crippen molar-refractivity contribution in [2.75, 3.05) is 6.61 Å². The molecule has 0 bridgehead atoms. The summed E-state index contributed by atoms with van der Waals surface area (Å²) in [6.07, 6.45) is 5.89. The standard InChI is InChI=1S/C15H25NO4/c1-4-13-14(19-11(3)16(13)18-5-2)15(17)20-12-9-7-6-8-10-12/h11-12H,4-10H2,1-3H3. The predicted octanol–water partition coefficient (Wildman–Crippen LogP) is 3.11. The third-order valence-corrected chi connectivity index (χ3v) is 3.76. The van der Waals surface area contributed by atoms with E-state index in [4.69, 9.17) is 14.3 Å². The highest BCUT2D eigenvalue weighted by atomic mass is 16.7. The molecule has 2 aliphatic rings. The summed E-state index contributed by atoms with van der Waals surface area (Å²) in [4.78, 5) is 17.8. The number of nitrogens with zero attached hydrogens (tertiary/aromatic N) is 1. The number of hydrogen-bond acceptors (Lipinski definition) is 5. The second kappa shape index (κ2) is 6.97. The van der Waals surface area contributed by atoms with Gasteiger partial charge in [0.2, 0.25) is 5.76 Å². The fourth-order valence-electron chi connectivity index (χ4n) is 2.80.